The molecule has 1 aliphatic heterocycles. The molecule has 90 valence electrons. The summed E-state index contributed by atoms with van der Waals surface area (Å²) in [6.45, 7) is 1.61. The summed E-state index contributed by atoms with van der Waals surface area (Å²) in [5.41, 5.74) is 0. The lowest BCUT2D eigenvalue weighted by Crippen LogP contribution is -2.22. The van der Waals surface area contributed by atoms with Gasteiger partial charge in [-0.05, 0) is 56.3 Å². The molecule has 2 nitrogen and oxygen atoms in total. The monoisotopic (exact) mass is 222 g/mol. The fourth-order valence-corrected chi connectivity index (χ4v) is 2.76. The highest BCUT2D eigenvalue weighted by atomic mass is 16.7. The molecule has 0 aromatic carbocycles. The standard InChI is InChI=1S/C14H22O2/c1-2-8-15-14(5-1)16-9-3-4-12-10-13(12)11-6-7-11/h3-4,11-14H,1-2,5-10H2/b4-3+/t12-,13+,14?/m0/s1. The van der Waals surface area contributed by atoms with Crippen LogP contribution in [-0.4, -0.2) is 19.5 Å². The van der Waals surface area contributed by atoms with E-state index < -0.39 is 0 Å². The Morgan fingerprint density at radius 2 is 2.12 bits per heavy atom. The average molecular weight is 222 g/mol. The molecule has 0 N–H and O–H groups in total. The molecule has 3 rings (SSSR count). The first-order valence-electron chi connectivity index (χ1n) is 6.83. The Morgan fingerprint density at radius 3 is 2.88 bits per heavy atom. The van der Waals surface area contributed by atoms with Crippen LogP contribution in [0, 0.1) is 17.8 Å². The molecule has 3 aliphatic rings. The van der Waals surface area contributed by atoms with Gasteiger partial charge in [0.05, 0.1) is 6.61 Å². The number of ether oxygens (including phenoxy) is 2. The molecule has 2 heteroatoms. The number of hydrogen-bond acceptors (Lipinski definition) is 2. The Hall–Kier alpha value is -0.340. The fraction of sp³-hybridized carbons (Fsp3) is 0.857. The maximum absolute atomic E-state index is 5.66. The van der Waals surface area contributed by atoms with Crippen LogP contribution in [0.5, 0.6) is 0 Å². The first kappa shape index (κ1) is 10.8. The van der Waals surface area contributed by atoms with E-state index in [2.05, 4.69) is 12.2 Å². The minimum absolute atomic E-state index is 0.0665. The van der Waals surface area contributed by atoms with Crippen molar-refractivity contribution in [3.63, 3.8) is 0 Å². The zero-order valence-electron chi connectivity index (χ0n) is 9.94. The third-order valence-corrected chi connectivity index (χ3v) is 4.02. The van der Waals surface area contributed by atoms with Gasteiger partial charge in [-0.3, -0.25) is 0 Å². The van der Waals surface area contributed by atoms with Gasteiger partial charge in [-0.2, -0.15) is 0 Å². The second kappa shape index (κ2) is 4.89. The molecule has 1 unspecified atom stereocenters. The molecule has 0 bridgehead atoms. The van der Waals surface area contributed by atoms with Crippen LogP contribution in [0.25, 0.3) is 0 Å². The van der Waals surface area contributed by atoms with E-state index in [4.69, 9.17) is 9.47 Å². The van der Waals surface area contributed by atoms with Crippen molar-refractivity contribution in [2.45, 2.75) is 44.8 Å². The zero-order chi connectivity index (χ0) is 10.8. The molecule has 0 radical (unpaired) electrons. The lowest BCUT2D eigenvalue weighted by molar-refractivity contribution is -0.155. The molecular weight excluding hydrogens is 200 g/mol. The van der Waals surface area contributed by atoms with Gasteiger partial charge in [-0.15, -0.1) is 0 Å². The molecule has 2 saturated carbocycles. The number of rotatable bonds is 5. The fourth-order valence-electron chi connectivity index (χ4n) is 2.76. The van der Waals surface area contributed by atoms with Crippen molar-refractivity contribution in [2.24, 2.45) is 17.8 Å². The van der Waals surface area contributed by atoms with Crippen LogP contribution in [0.2, 0.25) is 0 Å². The molecule has 1 heterocycles. The lowest BCUT2D eigenvalue weighted by atomic mass is 10.2. The normalized spacial score (nSPS) is 39.1. The van der Waals surface area contributed by atoms with Gasteiger partial charge in [0.25, 0.3) is 0 Å². The van der Waals surface area contributed by atoms with E-state index in [1.807, 2.05) is 0 Å². The van der Waals surface area contributed by atoms with Gasteiger partial charge in [-0.1, -0.05) is 12.2 Å². The zero-order valence-corrected chi connectivity index (χ0v) is 9.94. The van der Waals surface area contributed by atoms with Crippen LogP contribution in [-0.2, 0) is 9.47 Å². The van der Waals surface area contributed by atoms with E-state index >= 15 is 0 Å². The predicted octanol–water partition coefficient (Wildman–Crippen LogP) is 3.13. The second-order valence-corrected chi connectivity index (χ2v) is 5.46. The van der Waals surface area contributed by atoms with Crippen molar-refractivity contribution < 1.29 is 9.47 Å². The van der Waals surface area contributed by atoms with Gasteiger partial charge in [-0.25, -0.2) is 0 Å². The summed E-state index contributed by atoms with van der Waals surface area (Å²) in [6.07, 6.45) is 12.6. The summed E-state index contributed by atoms with van der Waals surface area (Å²) in [5.74, 6) is 2.99. The van der Waals surface area contributed by atoms with Gasteiger partial charge in [0.2, 0.25) is 0 Å². The molecule has 0 amide bonds. The Bertz CT molecular complexity index is 251. The summed E-state index contributed by atoms with van der Waals surface area (Å²) < 4.78 is 11.2. The first-order valence-corrected chi connectivity index (χ1v) is 6.83. The van der Waals surface area contributed by atoms with Crippen molar-refractivity contribution in [1.29, 1.82) is 0 Å². The predicted molar refractivity (Wildman–Crippen MR) is 63.0 cm³/mol. The van der Waals surface area contributed by atoms with Crippen LogP contribution in [0.15, 0.2) is 12.2 Å². The lowest BCUT2D eigenvalue weighted by Gasteiger charge is -2.21. The minimum Gasteiger partial charge on any atom is -0.353 e. The Morgan fingerprint density at radius 1 is 1.19 bits per heavy atom. The van der Waals surface area contributed by atoms with Crippen molar-refractivity contribution in [3.05, 3.63) is 12.2 Å². The van der Waals surface area contributed by atoms with Gasteiger partial charge in [0.15, 0.2) is 6.29 Å². The summed E-state index contributed by atoms with van der Waals surface area (Å²) in [4.78, 5) is 0. The number of hydrogen-bond donors (Lipinski definition) is 0. The van der Waals surface area contributed by atoms with Crippen LogP contribution in [0.3, 0.4) is 0 Å². The molecular formula is C14H22O2. The van der Waals surface area contributed by atoms with Crippen molar-refractivity contribution in [1.82, 2.24) is 0 Å². The van der Waals surface area contributed by atoms with E-state index in [1.165, 1.54) is 32.1 Å². The molecule has 0 spiro atoms. The molecule has 0 aromatic heterocycles. The van der Waals surface area contributed by atoms with Crippen molar-refractivity contribution in [2.75, 3.05) is 13.2 Å². The van der Waals surface area contributed by atoms with Gasteiger partial charge >= 0.3 is 0 Å². The maximum atomic E-state index is 5.66. The summed E-state index contributed by atoms with van der Waals surface area (Å²) in [6, 6.07) is 0. The van der Waals surface area contributed by atoms with E-state index in [0.717, 1.165) is 37.4 Å². The minimum atomic E-state index is 0.0665. The van der Waals surface area contributed by atoms with Crippen molar-refractivity contribution >= 4 is 0 Å². The molecule has 16 heavy (non-hydrogen) atoms. The third-order valence-electron chi connectivity index (χ3n) is 4.02. The highest BCUT2D eigenvalue weighted by Gasteiger charge is 2.45. The largest absolute Gasteiger partial charge is 0.353 e. The smallest absolute Gasteiger partial charge is 0.157 e. The van der Waals surface area contributed by atoms with E-state index in [0.29, 0.717) is 0 Å². The van der Waals surface area contributed by atoms with E-state index in [1.54, 1.807) is 0 Å². The van der Waals surface area contributed by atoms with E-state index in [9.17, 15) is 0 Å². The van der Waals surface area contributed by atoms with Crippen LogP contribution in [0.4, 0.5) is 0 Å². The highest BCUT2D eigenvalue weighted by molar-refractivity contribution is 5.06. The van der Waals surface area contributed by atoms with Crippen molar-refractivity contribution in [3.8, 4) is 0 Å². The highest BCUT2D eigenvalue weighted by Crippen LogP contribution is 2.54. The van der Waals surface area contributed by atoms with Crippen LogP contribution < -0.4 is 0 Å². The topological polar surface area (TPSA) is 18.5 Å². The summed E-state index contributed by atoms with van der Waals surface area (Å²) >= 11 is 0. The average Bonchev–Trinajstić information content (AvgIpc) is 3.16. The van der Waals surface area contributed by atoms with Gasteiger partial charge in [0, 0.05) is 6.61 Å². The van der Waals surface area contributed by atoms with Gasteiger partial charge < -0.3 is 9.47 Å². The quantitative estimate of drug-likeness (QED) is 0.665. The molecule has 1 saturated heterocycles. The Labute approximate surface area is 98.0 Å². The summed E-state index contributed by atoms with van der Waals surface area (Å²) in [7, 11) is 0. The SMILES string of the molecule is C(=C\[C@H]1C[C@@H]1C1CC1)/COC1CCCCO1. The molecule has 3 atom stereocenters. The Balaban J connectivity index is 1.29. The third kappa shape index (κ3) is 2.86. The van der Waals surface area contributed by atoms with Crippen LogP contribution in [0.1, 0.15) is 38.5 Å². The molecule has 3 fully saturated rings. The summed E-state index contributed by atoms with van der Waals surface area (Å²) in [5, 5.41) is 0. The Kier molecular flexibility index (Phi) is 3.30. The maximum Gasteiger partial charge on any atom is 0.157 e. The molecule has 0 aromatic rings. The molecule has 2 aliphatic carbocycles. The van der Waals surface area contributed by atoms with E-state index in [-0.39, 0.29) is 6.29 Å². The first-order chi connectivity index (χ1) is 7.93. The van der Waals surface area contributed by atoms with Crippen LogP contribution >= 0.6 is 0 Å². The van der Waals surface area contributed by atoms with Gasteiger partial charge in [0.1, 0.15) is 0 Å². The number of allylic oxidation sites excluding steroid dienone is 1. The second-order valence-electron chi connectivity index (χ2n) is 5.46.